The summed E-state index contributed by atoms with van der Waals surface area (Å²) in [6.45, 7) is 28.6. The van der Waals surface area contributed by atoms with Crippen molar-refractivity contribution in [2.24, 2.45) is 9.98 Å². The van der Waals surface area contributed by atoms with Crippen molar-refractivity contribution < 1.29 is 67.1 Å². The van der Waals surface area contributed by atoms with Crippen molar-refractivity contribution in [3.8, 4) is 11.5 Å². The van der Waals surface area contributed by atoms with Gasteiger partial charge in [0.2, 0.25) is 0 Å². The quantitative estimate of drug-likeness (QED) is 0.194. The van der Waals surface area contributed by atoms with Crippen LogP contribution in [0.1, 0.15) is 156 Å². The average molecular weight is 979 g/mol. The number of aliphatic imine (C=N–C) groups is 2. The number of phenols is 2. The van der Waals surface area contributed by atoms with Crippen LogP contribution in [0.4, 0.5) is 0 Å². The molecule has 6 heterocycles. The lowest BCUT2D eigenvalue weighted by atomic mass is 9.84. The topological polar surface area (TPSA) is 176 Å². The molecule has 1 saturated carbocycles. The molecule has 1 aliphatic carbocycles. The summed E-state index contributed by atoms with van der Waals surface area (Å²) in [7, 11) is 0. The maximum absolute atomic E-state index is 11.8. The van der Waals surface area contributed by atoms with Gasteiger partial charge in [0.25, 0.3) is 0 Å². The number of benzene rings is 2. The average Bonchev–Trinajstić information content (AvgIpc) is 4.09. The summed E-state index contributed by atoms with van der Waals surface area (Å²) in [4.78, 5) is 10.3. The highest BCUT2D eigenvalue weighted by atomic mass is 16.9. The number of hydrogen-bond donors (Lipinski definition) is 2. The predicted molar refractivity (Wildman–Crippen MR) is 259 cm³/mol. The van der Waals surface area contributed by atoms with Gasteiger partial charge in [-0.1, -0.05) is 54.4 Å². The number of hydrogen-bond acceptors (Lipinski definition) is 16. The van der Waals surface area contributed by atoms with Crippen molar-refractivity contribution in [2.75, 3.05) is 13.2 Å². The monoisotopic (exact) mass is 979 g/mol. The Kier molecular flexibility index (Phi) is 14.0. The number of rotatable bonds is 12. The zero-order valence-corrected chi connectivity index (χ0v) is 43.7. The fraction of sp³-hybridized carbons (Fsp3) is 0.741. The van der Waals surface area contributed by atoms with Gasteiger partial charge < -0.3 is 67.1 Å². The van der Waals surface area contributed by atoms with E-state index in [-0.39, 0.29) is 59.8 Å². The van der Waals surface area contributed by atoms with Crippen LogP contribution in [0.3, 0.4) is 0 Å². The van der Waals surface area contributed by atoms with Crippen molar-refractivity contribution in [2.45, 2.75) is 243 Å². The van der Waals surface area contributed by atoms with Crippen molar-refractivity contribution in [3.05, 3.63) is 57.6 Å². The molecule has 2 aromatic carbocycles. The molecule has 0 aromatic heterocycles. The number of nitrogens with zero attached hydrogens (tertiary/aromatic N) is 2. The van der Waals surface area contributed by atoms with Crippen LogP contribution in [0.5, 0.6) is 11.5 Å². The van der Waals surface area contributed by atoms with Gasteiger partial charge in [0.15, 0.2) is 35.7 Å². The molecule has 12 atom stereocenters. The summed E-state index contributed by atoms with van der Waals surface area (Å²) < 4.78 is 75.4. The first-order chi connectivity index (χ1) is 32.6. The number of fused-ring (bicyclic) bond motifs is 2. The predicted octanol–water partition coefficient (Wildman–Crippen LogP) is 8.37. The van der Waals surface area contributed by atoms with Crippen LogP contribution in [0.15, 0.2) is 34.3 Å². The summed E-state index contributed by atoms with van der Waals surface area (Å²) in [5, 5.41) is 23.6. The van der Waals surface area contributed by atoms with Crippen LogP contribution in [0, 0.1) is 0 Å². The Morgan fingerprint density at radius 3 is 1.27 bits per heavy atom. The molecule has 6 saturated heterocycles. The Morgan fingerprint density at radius 2 is 0.929 bits per heavy atom. The first-order valence-electron chi connectivity index (χ1n) is 25.3. The third kappa shape index (κ3) is 11.2. The molecule has 0 spiro atoms. The largest absolute Gasteiger partial charge is 0.507 e. The second-order valence-electron chi connectivity index (χ2n) is 24.1. The van der Waals surface area contributed by atoms with Crippen LogP contribution < -0.4 is 0 Å². The number of phenolic OH excluding ortho intramolecular Hbond substituents is 2. The van der Waals surface area contributed by atoms with Gasteiger partial charge in [0.1, 0.15) is 60.3 Å². The molecule has 70 heavy (non-hydrogen) atoms. The summed E-state index contributed by atoms with van der Waals surface area (Å²) in [5.74, 6) is -2.79. The number of ether oxygens (including phenoxy) is 12. The third-order valence-corrected chi connectivity index (χ3v) is 14.3. The van der Waals surface area contributed by atoms with E-state index < -0.39 is 72.4 Å². The molecule has 0 amide bonds. The van der Waals surface area contributed by atoms with Crippen molar-refractivity contribution in [3.63, 3.8) is 0 Å². The lowest BCUT2D eigenvalue weighted by molar-refractivity contribution is -0.236. The van der Waals surface area contributed by atoms with E-state index in [1.54, 1.807) is 12.4 Å². The molecule has 2 unspecified atom stereocenters. The van der Waals surface area contributed by atoms with Gasteiger partial charge in [-0.3, -0.25) is 9.98 Å². The minimum Gasteiger partial charge on any atom is -0.507 e. The lowest BCUT2D eigenvalue weighted by Crippen LogP contribution is -2.44. The van der Waals surface area contributed by atoms with Crippen molar-refractivity contribution >= 4 is 12.4 Å². The molecule has 2 aromatic rings. The minimum atomic E-state index is -0.829. The third-order valence-electron chi connectivity index (χ3n) is 14.3. The van der Waals surface area contributed by atoms with Crippen LogP contribution >= 0.6 is 0 Å². The van der Waals surface area contributed by atoms with E-state index in [9.17, 15) is 10.2 Å². The molecule has 388 valence electrons. The van der Waals surface area contributed by atoms with E-state index in [2.05, 4.69) is 41.5 Å². The van der Waals surface area contributed by atoms with E-state index >= 15 is 0 Å². The van der Waals surface area contributed by atoms with E-state index in [1.807, 2.05) is 79.7 Å². The first-order valence-corrected chi connectivity index (χ1v) is 25.3. The van der Waals surface area contributed by atoms with Crippen LogP contribution in [0.25, 0.3) is 0 Å². The van der Waals surface area contributed by atoms with Gasteiger partial charge in [-0.05, 0) is 114 Å². The van der Waals surface area contributed by atoms with Crippen LogP contribution in [-0.2, 0) is 80.9 Å². The molecule has 7 aliphatic rings. The summed E-state index contributed by atoms with van der Waals surface area (Å²) in [6.07, 6.45) is 2.40. The van der Waals surface area contributed by atoms with Crippen molar-refractivity contribution in [1.29, 1.82) is 0 Å². The van der Waals surface area contributed by atoms with Gasteiger partial charge in [0.05, 0.1) is 38.5 Å². The Balaban J connectivity index is 0.935. The van der Waals surface area contributed by atoms with Gasteiger partial charge in [0, 0.05) is 34.7 Å². The Bertz CT molecular complexity index is 2120. The zero-order valence-electron chi connectivity index (χ0n) is 43.7. The van der Waals surface area contributed by atoms with Gasteiger partial charge >= 0.3 is 0 Å². The molecule has 2 N–H and O–H groups in total. The maximum atomic E-state index is 11.8. The van der Waals surface area contributed by atoms with Gasteiger partial charge in [-0.2, -0.15) is 0 Å². The molecule has 6 aliphatic heterocycles. The van der Waals surface area contributed by atoms with E-state index in [4.69, 9.17) is 66.8 Å². The van der Waals surface area contributed by atoms with E-state index in [0.717, 1.165) is 47.9 Å². The molecule has 0 bridgehead atoms. The Morgan fingerprint density at radius 1 is 0.543 bits per heavy atom. The van der Waals surface area contributed by atoms with Crippen LogP contribution in [0.2, 0.25) is 0 Å². The highest BCUT2D eigenvalue weighted by Gasteiger charge is 2.60. The first kappa shape index (κ1) is 51.8. The van der Waals surface area contributed by atoms with Gasteiger partial charge in [-0.15, -0.1) is 0 Å². The Labute approximate surface area is 414 Å². The van der Waals surface area contributed by atoms with E-state index in [1.165, 1.54) is 0 Å². The smallest absolute Gasteiger partial charge is 0.190 e. The fourth-order valence-electron chi connectivity index (χ4n) is 10.9. The maximum Gasteiger partial charge on any atom is 0.190 e. The highest BCUT2D eigenvalue weighted by Crippen LogP contribution is 2.45. The normalized spacial score (nSPS) is 35.6. The molecule has 7 fully saturated rings. The summed E-state index contributed by atoms with van der Waals surface area (Å²) in [6, 6.07) is 7.58. The molecular weight excluding hydrogens is 901 g/mol. The van der Waals surface area contributed by atoms with E-state index in [0.29, 0.717) is 24.3 Å². The fourth-order valence-corrected chi connectivity index (χ4v) is 10.9. The summed E-state index contributed by atoms with van der Waals surface area (Å²) in [5.41, 5.74) is 3.74. The molecule has 9 rings (SSSR count). The summed E-state index contributed by atoms with van der Waals surface area (Å²) >= 11 is 0. The van der Waals surface area contributed by atoms with Gasteiger partial charge in [-0.25, -0.2) is 0 Å². The molecule has 16 nitrogen and oxygen atoms in total. The minimum absolute atomic E-state index is 0.149. The van der Waals surface area contributed by atoms with Crippen molar-refractivity contribution in [1.82, 2.24) is 0 Å². The lowest BCUT2D eigenvalue weighted by Gasteiger charge is -2.29. The second kappa shape index (κ2) is 19.0. The number of aromatic hydroxyl groups is 2. The SMILES string of the molecule is CC1(C)O[C@H]2O[C@H]([C@H]3COC(C)(C)O3)[C@H](OCc3cc(C=NC4CCCCC4N=Cc4cc(CO[C@@H]5[C@H]6OC(C)(C)O[C@H]6O[C@@H]5[C@H]5COC(C)(C)O5)cc(C(C)(C)C)c4O)c(O)c(C(C)(C)C)c3)[C@H]2O1. The molecular formula is C54H78N2O14. The zero-order chi connectivity index (χ0) is 50.3. The second-order valence-corrected chi connectivity index (χ2v) is 24.1. The standard InChI is InChI=1S/C54H78N2O14/c1-49(2,3)33-21-29(25-59-43-41(37-27-61-51(7,8)65-37)63-47-45(43)67-53(11,12)69-47)19-31(39(33)57)23-55-35-17-15-16-18-36(35)56-24-32-20-30(22-34(40(32)58)50(4,5)6)26-60-44-42(38-28-62-52(9,10)66-38)64-48-46(44)68-54(13,14)70-48/h19-24,35-38,41-48,57-58H,15-18,25-28H2,1-14H3/t35?,36?,37-,38-,41-,42-,43+,44+,45-,46-,47-,48-/m1/s1. The Hall–Kier alpha value is -3.10. The highest BCUT2D eigenvalue weighted by molar-refractivity contribution is 5.86. The molecule has 16 heteroatoms. The molecule has 0 radical (unpaired) electrons. The van der Waals surface area contributed by atoms with Crippen LogP contribution in [-0.4, -0.2) is 132 Å².